The number of likely N-dealkylation sites (N-methyl/N-ethyl adjacent to an activating group) is 2. The number of aromatic hydroxyl groups is 1. The summed E-state index contributed by atoms with van der Waals surface area (Å²) in [5.74, 6) is -9.75. The number of Topliss-reactive ketones (excluding diaryl/α,β-unsaturated/α-hetero) is 2. The van der Waals surface area contributed by atoms with Crippen molar-refractivity contribution in [1.29, 1.82) is 0 Å². The van der Waals surface area contributed by atoms with Crippen LogP contribution >= 0.6 is 0 Å². The second-order valence-electron chi connectivity index (χ2n) is 10.9. The van der Waals surface area contributed by atoms with Crippen LogP contribution in [0.4, 0.5) is 10.1 Å². The van der Waals surface area contributed by atoms with E-state index in [-0.39, 0.29) is 30.6 Å². The number of amides is 2. The molecule has 3 aliphatic rings. The van der Waals surface area contributed by atoms with E-state index in [0.717, 1.165) is 12.5 Å². The number of phenols is 1. The van der Waals surface area contributed by atoms with Crippen LogP contribution in [0.2, 0.25) is 0 Å². The zero-order valence-electron chi connectivity index (χ0n) is 22.6. The van der Waals surface area contributed by atoms with Gasteiger partial charge < -0.3 is 31.5 Å². The number of aliphatic hydroxyl groups is 3. The molecule has 12 nitrogen and oxygen atoms in total. The third-order valence-corrected chi connectivity index (χ3v) is 7.96. The normalized spacial score (nSPS) is 26.1. The van der Waals surface area contributed by atoms with Gasteiger partial charge in [-0.1, -0.05) is 6.92 Å². The number of allylic oxidation sites excluding steroid dienone is 1. The SMILES string of the molecule is CCCN(C)CC(=O)Nc1cc(F)c2c(c1O)C(=O)C1=C(O)[C@]3(O)C(=O)C(C(N)=O)=C(O)[C@@H](N(C)C)[C@@H]3C[C@@H]1C2. The molecule has 0 heterocycles. The molecule has 0 aliphatic heterocycles. The third kappa shape index (κ3) is 4.34. The number of hydrogen-bond acceptors (Lipinski definition) is 10. The molecule has 2 amide bonds. The van der Waals surface area contributed by atoms with E-state index < -0.39 is 86.7 Å². The van der Waals surface area contributed by atoms with E-state index in [0.29, 0.717) is 6.54 Å². The molecule has 13 heteroatoms. The van der Waals surface area contributed by atoms with Crippen LogP contribution in [0, 0.1) is 17.7 Å². The first-order valence-electron chi connectivity index (χ1n) is 12.8. The number of anilines is 1. The van der Waals surface area contributed by atoms with Gasteiger partial charge >= 0.3 is 0 Å². The molecule has 1 aromatic carbocycles. The number of nitrogens with one attached hydrogen (secondary N) is 1. The number of nitrogens with zero attached hydrogens (tertiary/aromatic N) is 2. The van der Waals surface area contributed by atoms with E-state index in [4.69, 9.17) is 5.73 Å². The highest BCUT2D eigenvalue weighted by Crippen LogP contribution is 2.53. The van der Waals surface area contributed by atoms with Gasteiger partial charge in [-0.05, 0) is 52.9 Å². The van der Waals surface area contributed by atoms with Gasteiger partial charge in [-0.2, -0.15) is 0 Å². The Morgan fingerprint density at radius 3 is 2.42 bits per heavy atom. The van der Waals surface area contributed by atoms with Gasteiger partial charge in [0, 0.05) is 23.1 Å². The van der Waals surface area contributed by atoms with Crippen LogP contribution in [0.3, 0.4) is 0 Å². The standard InChI is InChI=1S/C27H33FN4O8/c1-5-6-32(4)10-16(33)30-15-9-14(28)12-7-11-8-13-20(31(2)3)23(36)19(26(29)39)25(38)27(13,40)24(37)17(11)22(35)18(12)21(15)34/h9,11,13,20,34,36-37,40H,5-8,10H2,1-4H3,(H2,29,39)(H,30,33)/t11-,13-,20-,27-/m0/s1. The average molecular weight is 561 g/mol. The summed E-state index contributed by atoms with van der Waals surface area (Å²) in [5.41, 5.74) is 0.163. The van der Waals surface area contributed by atoms with Crippen LogP contribution in [0.25, 0.3) is 0 Å². The number of aliphatic hydroxyl groups excluding tert-OH is 2. The predicted octanol–water partition coefficient (Wildman–Crippen LogP) is 0.540. The minimum atomic E-state index is -2.80. The highest BCUT2D eigenvalue weighted by atomic mass is 19.1. The molecule has 40 heavy (non-hydrogen) atoms. The van der Waals surface area contributed by atoms with Crippen LogP contribution in [0.5, 0.6) is 5.75 Å². The summed E-state index contributed by atoms with van der Waals surface area (Å²) in [6.07, 6.45) is 0.438. The minimum absolute atomic E-state index is 0.0555. The topological polar surface area (TPSA) is 194 Å². The van der Waals surface area contributed by atoms with Gasteiger partial charge in [0.1, 0.15) is 22.9 Å². The maximum Gasteiger partial charge on any atom is 0.255 e. The number of hydrogen-bond donors (Lipinski definition) is 6. The molecule has 0 unspecified atom stereocenters. The van der Waals surface area contributed by atoms with Crippen molar-refractivity contribution >= 4 is 29.1 Å². The molecule has 4 atom stereocenters. The van der Waals surface area contributed by atoms with Gasteiger partial charge in [0.15, 0.2) is 17.1 Å². The summed E-state index contributed by atoms with van der Waals surface area (Å²) in [4.78, 5) is 54.7. The van der Waals surface area contributed by atoms with Crippen molar-refractivity contribution in [1.82, 2.24) is 9.80 Å². The van der Waals surface area contributed by atoms with Crippen LogP contribution in [0.15, 0.2) is 28.7 Å². The van der Waals surface area contributed by atoms with Crippen molar-refractivity contribution in [3.05, 3.63) is 45.7 Å². The lowest BCUT2D eigenvalue weighted by Gasteiger charge is -2.50. The number of nitrogens with two attached hydrogens (primary N) is 1. The molecule has 0 fully saturated rings. The fraction of sp³-hybridized carbons (Fsp3) is 0.481. The molecule has 0 bridgehead atoms. The van der Waals surface area contributed by atoms with Gasteiger partial charge in [-0.15, -0.1) is 0 Å². The lowest BCUT2D eigenvalue weighted by molar-refractivity contribution is -0.148. The fourth-order valence-corrected chi connectivity index (χ4v) is 6.26. The first kappa shape index (κ1) is 29.2. The Balaban J connectivity index is 1.82. The van der Waals surface area contributed by atoms with E-state index in [9.17, 15) is 39.6 Å². The minimum Gasteiger partial charge on any atom is -0.510 e. The predicted molar refractivity (Wildman–Crippen MR) is 140 cm³/mol. The molecule has 0 spiro atoms. The van der Waals surface area contributed by atoms with Crippen molar-refractivity contribution in [3.8, 4) is 5.75 Å². The van der Waals surface area contributed by atoms with Gasteiger partial charge in [0.2, 0.25) is 11.7 Å². The first-order chi connectivity index (χ1) is 18.7. The molecule has 0 saturated carbocycles. The molecule has 4 rings (SSSR count). The maximum absolute atomic E-state index is 15.3. The Labute approximate surface area is 229 Å². The summed E-state index contributed by atoms with van der Waals surface area (Å²) < 4.78 is 15.3. The monoisotopic (exact) mass is 560 g/mol. The zero-order chi connectivity index (χ0) is 29.8. The van der Waals surface area contributed by atoms with E-state index in [2.05, 4.69) is 5.32 Å². The Morgan fingerprint density at radius 1 is 1.20 bits per heavy atom. The van der Waals surface area contributed by atoms with Crippen LogP contribution in [-0.4, -0.2) is 99.5 Å². The lowest BCUT2D eigenvalue weighted by Crippen LogP contribution is -2.63. The molecule has 0 radical (unpaired) electrons. The number of halogens is 1. The second kappa shape index (κ2) is 10.3. The fourth-order valence-electron chi connectivity index (χ4n) is 6.26. The summed E-state index contributed by atoms with van der Waals surface area (Å²) in [7, 11) is 4.74. The third-order valence-electron chi connectivity index (χ3n) is 7.96. The molecular weight excluding hydrogens is 527 g/mol. The Bertz CT molecular complexity index is 1390. The molecule has 7 N–H and O–H groups in total. The number of fused-ring (bicyclic) bond motifs is 3. The van der Waals surface area contributed by atoms with Gasteiger partial charge in [0.05, 0.1) is 23.8 Å². The summed E-state index contributed by atoms with van der Waals surface area (Å²) >= 11 is 0. The number of rotatable bonds is 7. The summed E-state index contributed by atoms with van der Waals surface area (Å²) in [6, 6.07) is -0.236. The van der Waals surface area contributed by atoms with Gasteiger partial charge in [-0.25, -0.2) is 4.39 Å². The number of carbonyl (C=O) groups excluding carboxylic acids is 4. The largest absolute Gasteiger partial charge is 0.510 e. The molecule has 3 aliphatic carbocycles. The molecular formula is C27H33FN4O8. The smallest absolute Gasteiger partial charge is 0.255 e. The Morgan fingerprint density at radius 2 is 1.85 bits per heavy atom. The maximum atomic E-state index is 15.3. The molecule has 0 aromatic heterocycles. The Kier molecular flexibility index (Phi) is 7.52. The van der Waals surface area contributed by atoms with Crippen LogP contribution in [-0.2, 0) is 20.8 Å². The molecule has 216 valence electrons. The molecule has 0 saturated heterocycles. The first-order valence-corrected chi connectivity index (χ1v) is 12.8. The van der Waals surface area contributed by atoms with Crippen molar-refractivity contribution in [3.63, 3.8) is 0 Å². The summed E-state index contributed by atoms with van der Waals surface area (Å²) in [6.45, 7) is 2.49. The van der Waals surface area contributed by atoms with Gasteiger partial charge in [0.25, 0.3) is 5.91 Å². The Hall–Kier alpha value is -3.81. The number of benzene rings is 1. The van der Waals surface area contributed by atoms with Crippen molar-refractivity contribution in [2.75, 3.05) is 39.5 Å². The number of carbonyl (C=O) groups is 4. The van der Waals surface area contributed by atoms with E-state index in [1.54, 1.807) is 11.9 Å². The van der Waals surface area contributed by atoms with Crippen LogP contribution < -0.4 is 11.1 Å². The van der Waals surface area contributed by atoms with E-state index >= 15 is 4.39 Å². The van der Waals surface area contributed by atoms with Crippen molar-refractivity contribution in [2.45, 2.75) is 37.8 Å². The van der Waals surface area contributed by atoms with E-state index in [1.807, 2.05) is 6.92 Å². The lowest BCUT2D eigenvalue weighted by atomic mass is 9.58. The quantitative estimate of drug-likeness (QED) is 0.202. The van der Waals surface area contributed by atoms with Crippen LogP contribution in [0.1, 0.15) is 35.7 Å². The van der Waals surface area contributed by atoms with Crippen molar-refractivity contribution < 1.29 is 44.0 Å². The summed E-state index contributed by atoms with van der Waals surface area (Å²) in [5, 5.41) is 47.0. The average Bonchev–Trinajstić information content (AvgIpc) is 2.84. The highest BCUT2D eigenvalue weighted by molar-refractivity contribution is 6.25. The number of ketones is 2. The number of phenolic OH excluding ortho intramolecular Hbond substituents is 1. The van der Waals surface area contributed by atoms with E-state index in [1.165, 1.54) is 19.0 Å². The zero-order valence-corrected chi connectivity index (χ0v) is 22.6. The number of primary amides is 1. The highest BCUT2D eigenvalue weighted by Gasteiger charge is 2.63. The van der Waals surface area contributed by atoms with Gasteiger partial charge in [-0.3, -0.25) is 29.0 Å². The molecule has 1 aromatic rings. The van der Waals surface area contributed by atoms with Crippen molar-refractivity contribution in [2.24, 2.45) is 17.6 Å². The second-order valence-corrected chi connectivity index (χ2v) is 10.9.